The highest BCUT2D eigenvalue weighted by atomic mass is 31.2. The number of benzene rings is 2. The number of carbonyl (C=O) groups is 4. The minimum atomic E-state index is -1.17. The molecule has 0 amide bonds. The van der Waals surface area contributed by atoms with E-state index < -0.39 is 8.53 Å². The van der Waals surface area contributed by atoms with E-state index in [-0.39, 0.29) is 111 Å². The Bertz CT molecular complexity index is 2980. The van der Waals surface area contributed by atoms with Crippen molar-refractivity contribution in [3.63, 3.8) is 0 Å². The first-order valence-electron chi connectivity index (χ1n) is 44.3. The maximum atomic E-state index is 11.2. The van der Waals surface area contributed by atoms with Crippen molar-refractivity contribution < 1.29 is 105 Å². The molecule has 118 heavy (non-hydrogen) atoms. The van der Waals surface area contributed by atoms with Crippen LogP contribution in [0, 0.1) is 76.4 Å². The topological polar surface area (TPSA) is 296 Å². The zero-order valence-corrected chi connectivity index (χ0v) is 76.8. The number of hydrogen-bond donors (Lipinski definition) is 2. The Morgan fingerprint density at radius 3 is 1.07 bits per heavy atom. The maximum Gasteiger partial charge on any atom is 0.302 e. The molecule has 26 heteroatoms. The zero-order valence-electron chi connectivity index (χ0n) is 76.0. The molecule has 4 fully saturated rings. The molecule has 0 radical (unpaired) electrons. The normalized spacial score (nSPS) is 27.3. The van der Waals surface area contributed by atoms with Gasteiger partial charge in [-0.25, -0.2) is 9.66 Å². The molecule has 5 aliphatic heterocycles. The lowest BCUT2D eigenvalue weighted by molar-refractivity contribution is -0.255. The fourth-order valence-corrected chi connectivity index (χ4v) is 16.2. The quantitative estimate of drug-likeness (QED) is 0.0269. The van der Waals surface area contributed by atoms with Crippen LogP contribution in [0.1, 0.15) is 259 Å². The minimum Gasteiger partial charge on any atom is -0.463 e. The zero-order chi connectivity index (χ0) is 87.3. The summed E-state index contributed by atoms with van der Waals surface area (Å²) in [6.45, 7) is 47.7. The van der Waals surface area contributed by atoms with E-state index in [1.54, 1.807) is 0 Å². The van der Waals surface area contributed by atoms with Crippen molar-refractivity contribution in [3.8, 4) is 6.07 Å². The third kappa shape index (κ3) is 43.5. The third-order valence-electron chi connectivity index (χ3n) is 23.3. The van der Waals surface area contributed by atoms with Gasteiger partial charge in [-0.1, -0.05) is 188 Å². The Labute approximate surface area is 712 Å². The van der Waals surface area contributed by atoms with Crippen LogP contribution in [0.5, 0.6) is 0 Å². The van der Waals surface area contributed by atoms with Crippen molar-refractivity contribution in [2.45, 2.75) is 329 Å². The van der Waals surface area contributed by atoms with Gasteiger partial charge in [0, 0.05) is 111 Å². The van der Waals surface area contributed by atoms with Crippen LogP contribution in [0.15, 0.2) is 65.7 Å². The minimum absolute atomic E-state index is 0.0681. The average Bonchev–Trinajstić information content (AvgIpc) is 1.54. The van der Waals surface area contributed by atoms with Gasteiger partial charge in [0.05, 0.1) is 63.3 Å². The largest absolute Gasteiger partial charge is 0.463 e. The Hall–Kier alpha value is -4.85. The van der Waals surface area contributed by atoms with Crippen molar-refractivity contribution >= 4 is 38.3 Å². The van der Waals surface area contributed by atoms with E-state index >= 15 is 0 Å². The predicted molar refractivity (Wildman–Crippen MR) is 459 cm³/mol. The molecule has 0 spiro atoms. The number of aliphatic hydroxyl groups excluding tert-OH is 2. The van der Waals surface area contributed by atoms with E-state index in [1.165, 1.54) is 38.8 Å². The summed E-state index contributed by atoms with van der Waals surface area (Å²) < 4.78 is 93.7. The molecule has 0 aromatic heterocycles. The highest BCUT2D eigenvalue weighted by molar-refractivity contribution is 7.44. The smallest absolute Gasteiger partial charge is 0.302 e. The molecule has 0 bridgehead atoms. The van der Waals surface area contributed by atoms with Gasteiger partial charge < -0.3 is 85.6 Å². The fourth-order valence-electron chi connectivity index (χ4n) is 14.6. The average molecular weight is 1690 g/mol. The van der Waals surface area contributed by atoms with Crippen molar-refractivity contribution in [2.75, 3.05) is 85.9 Å². The number of esters is 4. The van der Waals surface area contributed by atoms with Crippen molar-refractivity contribution in [1.82, 2.24) is 4.67 Å². The van der Waals surface area contributed by atoms with Gasteiger partial charge in [-0.2, -0.15) is 5.26 Å². The number of nitriles is 1. The van der Waals surface area contributed by atoms with Crippen molar-refractivity contribution in [1.29, 1.82) is 5.26 Å². The van der Waals surface area contributed by atoms with Gasteiger partial charge in [0.15, 0.2) is 24.8 Å². The highest BCUT2D eigenvalue weighted by Gasteiger charge is 2.47. The first-order chi connectivity index (χ1) is 56.5. The fraction of sp³-hybridized carbons (Fsp3) is 0.804. The van der Waals surface area contributed by atoms with E-state index in [0.29, 0.717) is 144 Å². The lowest BCUT2D eigenvalue weighted by atomic mass is 9.79. The monoisotopic (exact) mass is 1690 g/mol. The standard InChI is InChI=1S/C26H49N2O6P.C24H38O5.C17H32O5.C13H20O2.C12H19NO4/c1-19(2)28(20(3)4)35(33-17-13-14-27)32-16-12-10-9-11-15-30-26-23(7)21(5)22(6)25(34-26)18-31-24(8)29;1-18-19(2)23(17-28-21(4)25)29-24(20(18)3)27-15-11-6-5-10-14-26-16-22-12-8-7-9-13-22;1-12-13(2)16(11-21-15(4)19)22-17(14(12)3)20-10-8-6-5-7-9-18;14-10-6-1-2-7-11-15-12-13-8-4-3-5-9-13;1-6-7(2)11-12(16-8(3)13-11)17-10(6)5-15-9(4)14/h19-23,25-26H,9-13,15-18H2,1-8H3;7-9,12-13,18-20,23-24H,5-6,10-11,14-17H2,1-4H3;12-14,16-18H,5-11H2,1-4H3;3-5,8-9,14H,1-2,6-7,10-12H2;6-7,10-12H,5H2,1-4H3/t21-,22?,23+,25?,26-,35?;18-,19?,20+,23?,24-;12-,13?,14+,16?,17-;;6-,7?,10?,11+,12-/m111.1/s1. The van der Waals surface area contributed by atoms with Gasteiger partial charge in [-0.3, -0.25) is 19.2 Å². The summed E-state index contributed by atoms with van der Waals surface area (Å²) in [7, 11) is -1.17. The number of aliphatic hydroxyl groups is 2. The second-order valence-electron chi connectivity index (χ2n) is 33.3. The number of unbranched alkanes of at least 4 members (excludes halogenated alkanes) is 12. The lowest BCUT2D eigenvalue weighted by Crippen LogP contribution is -2.49. The first kappa shape index (κ1) is 107. The van der Waals surface area contributed by atoms with Crippen LogP contribution in [0.2, 0.25) is 0 Å². The molecule has 0 aliphatic carbocycles. The molecule has 2 aromatic rings. The molecule has 21 atom stereocenters. The van der Waals surface area contributed by atoms with E-state index in [1.807, 2.05) is 43.3 Å². The third-order valence-corrected chi connectivity index (χ3v) is 25.4. The van der Waals surface area contributed by atoms with E-state index in [4.69, 9.17) is 90.8 Å². The molecule has 678 valence electrons. The Morgan fingerprint density at radius 2 is 0.737 bits per heavy atom. The van der Waals surface area contributed by atoms with Gasteiger partial charge in [0.1, 0.15) is 32.5 Å². The molecule has 2 aromatic carbocycles. The highest BCUT2D eigenvalue weighted by Crippen LogP contribution is 2.47. The van der Waals surface area contributed by atoms with Crippen molar-refractivity contribution in [2.24, 2.45) is 70.1 Å². The summed E-state index contributed by atoms with van der Waals surface area (Å²) in [6.07, 6.45) is 15.4. The SMILES string of the molecule is CC(=O)OCC1O[C@@H](OCCCCCCO)[C@@H](C)[C@H](C)C1C.CC(=O)OCC1O[C@@H](OCCCCCCOCc2ccccc2)[C@@H](C)[C@H](C)C1C.CC(=O)OCC1O[C@@H](OCCCCCCOP(OCCC#N)N(C(C)C)C(C)C)[C@@H](C)[C@H](C)C1C.CC(=O)OCC1O[C@H]2OC(C)=N[C@H]2C(C)[C@H]1C.OCCCCCCOCc1ccccc1. The molecule has 25 nitrogen and oxygen atoms in total. The van der Waals surface area contributed by atoms with Crippen LogP contribution in [0.3, 0.4) is 0 Å². The van der Waals surface area contributed by atoms with Crippen LogP contribution in [-0.2, 0) is 108 Å². The molecule has 2 N–H and O–H groups in total. The maximum absolute atomic E-state index is 11.2. The van der Waals surface area contributed by atoms with Crippen LogP contribution in [0.25, 0.3) is 0 Å². The summed E-state index contributed by atoms with van der Waals surface area (Å²) >= 11 is 0. The summed E-state index contributed by atoms with van der Waals surface area (Å²) in [4.78, 5) is 48.6. The van der Waals surface area contributed by atoms with Crippen LogP contribution < -0.4 is 0 Å². The number of nitrogens with zero attached hydrogens (tertiary/aromatic N) is 3. The van der Waals surface area contributed by atoms with Crippen LogP contribution in [-0.4, -0.2) is 198 Å². The molecule has 0 saturated carbocycles. The number of ether oxygens (including phenoxy) is 14. The van der Waals surface area contributed by atoms with Crippen LogP contribution >= 0.6 is 8.53 Å². The molecule has 9 unspecified atom stereocenters. The second-order valence-corrected chi connectivity index (χ2v) is 34.7. The van der Waals surface area contributed by atoms with Gasteiger partial charge in [-0.15, -0.1) is 0 Å². The first-order valence-corrected chi connectivity index (χ1v) is 45.5. The van der Waals surface area contributed by atoms with Gasteiger partial charge in [0.2, 0.25) is 6.29 Å². The number of carbonyl (C=O) groups excluding carboxylic acids is 4. The molecular formula is C92H158N3O22P. The Kier molecular flexibility index (Phi) is 57.4. The van der Waals surface area contributed by atoms with Gasteiger partial charge >= 0.3 is 23.9 Å². The second kappa shape index (κ2) is 63.1. The Morgan fingerprint density at radius 1 is 0.424 bits per heavy atom. The molecule has 5 aliphatic rings. The van der Waals surface area contributed by atoms with Crippen molar-refractivity contribution in [3.05, 3.63) is 71.8 Å². The van der Waals surface area contributed by atoms with E-state index in [9.17, 15) is 19.2 Å². The molecule has 5 heterocycles. The lowest BCUT2D eigenvalue weighted by Gasteiger charge is -2.43. The van der Waals surface area contributed by atoms with Gasteiger partial charge in [-0.05, 0) is 138 Å². The molecule has 4 saturated heterocycles. The summed E-state index contributed by atoms with van der Waals surface area (Å²) in [5.74, 6) is 3.44. The summed E-state index contributed by atoms with van der Waals surface area (Å²) in [5, 5.41) is 26.2. The number of hydrogen-bond acceptors (Lipinski definition) is 25. The number of rotatable bonds is 48. The van der Waals surface area contributed by atoms with Crippen LogP contribution in [0.4, 0.5) is 0 Å². The molecular weight excluding hydrogens is 1530 g/mol. The van der Waals surface area contributed by atoms with E-state index in [0.717, 1.165) is 116 Å². The number of fused-ring (bicyclic) bond motifs is 1. The Balaban J connectivity index is 0.000000394. The summed E-state index contributed by atoms with van der Waals surface area (Å²) in [5.41, 5.74) is 2.45. The van der Waals surface area contributed by atoms with E-state index in [2.05, 4.69) is 144 Å². The summed E-state index contributed by atoms with van der Waals surface area (Å²) in [6, 6.07) is 23.3. The van der Waals surface area contributed by atoms with Gasteiger partial charge in [0.25, 0.3) is 8.53 Å². The number of aliphatic imine (C=N–C) groups is 1. The predicted octanol–water partition coefficient (Wildman–Crippen LogP) is 17.9. The molecule has 7 rings (SSSR count).